The number of halogens is 2. The molecular weight excluding hydrogens is 465 g/mol. The van der Waals surface area contributed by atoms with Gasteiger partial charge in [-0.25, -0.2) is 9.97 Å². The molecule has 7 rings (SSSR count). The first-order valence-electron chi connectivity index (χ1n) is 10.8. The van der Waals surface area contributed by atoms with Gasteiger partial charge in [0.15, 0.2) is 10.7 Å². The fraction of sp³-hybridized carbons (Fsp3) is 0. The van der Waals surface area contributed by atoms with Crippen LogP contribution in [0.4, 0.5) is 0 Å². The second-order valence-electron chi connectivity index (χ2n) is 8.19. The van der Waals surface area contributed by atoms with Crippen LogP contribution in [0.5, 0.6) is 0 Å². The summed E-state index contributed by atoms with van der Waals surface area (Å²) in [6.45, 7) is 0. The molecule has 0 aliphatic carbocycles. The summed E-state index contributed by atoms with van der Waals surface area (Å²) >= 11 is 12.3. The standard InChI is InChI=1S/C28H15Cl2N3O/c29-27-26-25(31-28(30)32-27)21-15-17(11-13-24(21)34-26)16-10-12-23-20(14-16)19-8-4-5-9-22(19)33(23)18-6-2-1-3-7-18/h1-15H. The first-order chi connectivity index (χ1) is 16.7. The highest BCUT2D eigenvalue weighted by Gasteiger charge is 2.16. The second kappa shape index (κ2) is 7.32. The van der Waals surface area contributed by atoms with Crippen molar-refractivity contribution in [2.45, 2.75) is 0 Å². The molecule has 0 unspecified atom stereocenters. The van der Waals surface area contributed by atoms with Gasteiger partial charge < -0.3 is 8.98 Å². The average molecular weight is 480 g/mol. The molecule has 3 aromatic heterocycles. The summed E-state index contributed by atoms with van der Waals surface area (Å²) in [5.41, 5.74) is 7.39. The molecule has 3 heterocycles. The van der Waals surface area contributed by atoms with Crippen molar-refractivity contribution in [1.29, 1.82) is 0 Å². The Kier molecular flexibility index (Phi) is 4.22. The van der Waals surface area contributed by atoms with E-state index in [1.165, 1.54) is 16.3 Å². The summed E-state index contributed by atoms with van der Waals surface area (Å²) in [5, 5.41) is 3.57. The minimum atomic E-state index is 0.0979. The molecule has 7 aromatic rings. The van der Waals surface area contributed by atoms with Crippen molar-refractivity contribution in [3.8, 4) is 16.8 Å². The molecule has 4 nitrogen and oxygen atoms in total. The predicted molar refractivity (Wildman–Crippen MR) is 139 cm³/mol. The molecule has 0 saturated heterocycles. The smallest absolute Gasteiger partial charge is 0.224 e. The van der Waals surface area contributed by atoms with E-state index in [0.717, 1.165) is 27.7 Å². The van der Waals surface area contributed by atoms with Crippen LogP contribution in [0.3, 0.4) is 0 Å². The lowest BCUT2D eigenvalue weighted by atomic mass is 10.0. The van der Waals surface area contributed by atoms with Crippen LogP contribution in [0.15, 0.2) is 95.4 Å². The number of rotatable bonds is 2. The molecule has 0 bridgehead atoms. The first kappa shape index (κ1) is 19.6. The number of aromatic nitrogens is 3. The lowest BCUT2D eigenvalue weighted by molar-refractivity contribution is 0.666. The van der Waals surface area contributed by atoms with E-state index in [1.54, 1.807) is 0 Å². The summed E-state index contributed by atoms with van der Waals surface area (Å²) in [6.07, 6.45) is 0. The van der Waals surface area contributed by atoms with Gasteiger partial charge in [-0.3, -0.25) is 0 Å². The Bertz CT molecular complexity index is 1890. The fourth-order valence-electron chi connectivity index (χ4n) is 4.77. The summed E-state index contributed by atoms with van der Waals surface area (Å²) in [4.78, 5) is 8.35. The van der Waals surface area contributed by atoms with Gasteiger partial charge in [-0.05, 0) is 65.2 Å². The van der Waals surface area contributed by atoms with Crippen molar-refractivity contribution in [3.05, 3.63) is 101 Å². The summed E-state index contributed by atoms with van der Waals surface area (Å²) in [6, 6.07) is 31.6. The SMILES string of the molecule is Clc1nc(Cl)c2oc3ccc(-c4ccc5c(c4)c4ccccc4n5-c4ccccc4)cc3c2n1. The van der Waals surface area contributed by atoms with Crippen molar-refractivity contribution >= 4 is 67.1 Å². The van der Waals surface area contributed by atoms with E-state index < -0.39 is 0 Å². The maximum atomic E-state index is 6.23. The van der Waals surface area contributed by atoms with Gasteiger partial charge in [0.1, 0.15) is 11.1 Å². The Labute approximate surface area is 204 Å². The highest BCUT2D eigenvalue weighted by atomic mass is 35.5. The van der Waals surface area contributed by atoms with Gasteiger partial charge in [0, 0.05) is 21.8 Å². The molecule has 0 amide bonds. The van der Waals surface area contributed by atoms with E-state index in [2.05, 4.69) is 87.3 Å². The molecule has 0 radical (unpaired) electrons. The Morgan fingerprint density at radius 1 is 0.647 bits per heavy atom. The molecule has 0 aliphatic rings. The minimum absolute atomic E-state index is 0.0979. The molecule has 0 fully saturated rings. The van der Waals surface area contributed by atoms with Crippen molar-refractivity contribution in [3.63, 3.8) is 0 Å². The Balaban J connectivity index is 1.48. The van der Waals surface area contributed by atoms with Gasteiger partial charge in [0.25, 0.3) is 0 Å². The summed E-state index contributed by atoms with van der Waals surface area (Å²) in [5.74, 6) is 0. The Morgan fingerprint density at radius 3 is 2.21 bits per heavy atom. The Hall–Kier alpha value is -3.86. The molecular formula is C28H15Cl2N3O. The van der Waals surface area contributed by atoms with Crippen LogP contribution in [0.1, 0.15) is 0 Å². The molecule has 34 heavy (non-hydrogen) atoms. The van der Waals surface area contributed by atoms with Gasteiger partial charge in [0.05, 0.1) is 11.0 Å². The third-order valence-corrected chi connectivity index (χ3v) is 6.69. The highest BCUT2D eigenvalue weighted by Crippen LogP contribution is 2.37. The van der Waals surface area contributed by atoms with Crippen molar-refractivity contribution in [1.82, 2.24) is 14.5 Å². The number of nitrogens with zero attached hydrogens (tertiary/aromatic N) is 3. The van der Waals surface area contributed by atoms with Crippen LogP contribution in [-0.4, -0.2) is 14.5 Å². The zero-order valence-corrected chi connectivity index (χ0v) is 19.2. The number of hydrogen-bond acceptors (Lipinski definition) is 3. The van der Waals surface area contributed by atoms with E-state index in [1.807, 2.05) is 18.2 Å². The van der Waals surface area contributed by atoms with Gasteiger partial charge in [-0.15, -0.1) is 0 Å². The quantitative estimate of drug-likeness (QED) is 0.184. The lowest BCUT2D eigenvalue weighted by Gasteiger charge is -2.08. The van der Waals surface area contributed by atoms with Gasteiger partial charge in [-0.2, -0.15) is 0 Å². The maximum absolute atomic E-state index is 6.23. The van der Waals surface area contributed by atoms with E-state index in [-0.39, 0.29) is 10.4 Å². The summed E-state index contributed by atoms with van der Waals surface area (Å²) < 4.78 is 8.20. The number of para-hydroxylation sites is 2. The van der Waals surface area contributed by atoms with Crippen molar-refractivity contribution < 1.29 is 4.42 Å². The average Bonchev–Trinajstić information content (AvgIpc) is 3.40. The van der Waals surface area contributed by atoms with Crippen molar-refractivity contribution in [2.24, 2.45) is 0 Å². The zero-order chi connectivity index (χ0) is 22.8. The van der Waals surface area contributed by atoms with Gasteiger partial charge >= 0.3 is 0 Å². The molecule has 4 aromatic carbocycles. The molecule has 0 N–H and O–H groups in total. The van der Waals surface area contributed by atoms with E-state index in [9.17, 15) is 0 Å². The monoisotopic (exact) mass is 479 g/mol. The van der Waals surface area contributed by atoms with E-state index in [4.69, 9.17) is 27.6 Å². The molecule has 0 atom stereocenters. The number of fused-ring (bicyclic) bond motifs is 6. The first-order valence-corrected chi connectivity index (χ1v) is 11.6. The fourth-order valence-corrected chi connectivity index (χ4v) is 5.19. The topological polar surface area (TPSA) is 43.9 Å². The molecule has 162 valence electrons. The predicted octanol–water partition coefficient (Wildman–Crippen LogP) is 8.45. The van der Waals surface area contributed by atoms with E-state index in [0.29, 0.717) is 16.7 Å². The molecule has 6 heteroatoms. The summed E-state index contributed by atoms with van der Waals surface area (Å²) in [7, 11) is 0. The van der Waals surface area contributed by atoms with Gasteiger partial charge in [0.2, 0.25) is 5.28 Å². The number of hydrogen-bond donors (Lipinski definition) is 0. The normalized spacial score (nSPS) is 11.8. The second-order valence-corrected chi connectivity index (χ2v) is 8.89. The van der Waals surface area contributed by atoms with Crippen molar-refractivity contribution in [2.75, 3.05) is 0 Å². The largest absolute Gasteiger partial charge is 0.451 e. The number of benzene rings is 4. The van der Waals surface area contributed by atoms with Crippen LogP contribution in [-0.2, 0) is 0 Å². The maximum Gasteiger partial charge on any atom is 0.224 e. The van der Waals surface area contributed by atoms with Crippen LogP contribution in [0.2, 0.25) is 10.4 Å². The highest BCUT2D eigenvalue weighted by molar-refractivity contribution is 6.36. The molecule has 0 saturated carbocycles. The lowest BCUT2D eigenvalue weighted by Crippen LogP contribution is -1.92. The van der Waals surface area contributed by atoms with Crippen LogP contribution in [0.25, 0.3) is 60.7 Å². The number of furan rings is 1. The minimum Gasteiger partial charge on any atom is -0.451 e. The van der Waals surface area contributed by atoms with Crippen LogP contribution >= 0.6 is 23.2 Å². The third-order valence-electron chi connectivity index (χ3n) is 6.26. The molecule has 0 spiro atoms. The Morgan fingerprint density at radius 2 is 1.35 bits per heavy atom. The zero-order valence-electron chi connectivity index (χ0n) is 17.7. The van der Waals surface area contributed by atoms with E-state index >= 15 is 0 Å². The van der Waals surface area contributed by atoms with Gasteiger partial charge in [-0.1, -0.05) is 60.1 Å². The molecule has 0 aliphatic heterocycles. The third kappa shape index (κ3) is 2.86. The van der Waals surface area contributed by atoms with Crippen LogP contribution < -0.4 is 0 Å². The van der Waals surface area contributed by atoms with Crippen LogP contribution in [0, 0.1) is 0 Å².